The Bertz CT molecular complexity index is 5470. The van der Waals surface area contributed by atoms with E-state index < -0.39 is 45.9 Å². The summed E-state index contributed by atoms with van der Waals surface area (Å²) < 4.78 is 26.2. The number of imide groups is 4. The number of anilines is 3. The summed E-state index contributed by atoms with van der Waals surface area (Å²) in [6, 6.07) is 49.0. The first-order chi connectivity index (χ1) is 46.3. The minimum atomic E-state index is -0.681. The van der Waals surface area contributed by atoms with Crippen LogP contribution in [0.3, 0.4) is 0 Å². The van der Waals surface area contributed by atoms with E-state index in [-0.39, 0.29) is 172 Å². The van der Waals surface area contributed by atoms with Crippen LogP contribution in [-0.4, -0.2) is 68.3 Å². The Morgan fingerprint density at radius 1 is 0.414 bits per heavy atom. The number of hydrogen-bond donors (Lipinski definition) is 0. The van der Waals surface area contributed by atoms with Crippen LogP contribution in [0.5, 0.6) is 46.0 Å². The van der Waals surface area contributed by atoms with E-state index in [1.165, 1.54) is 96.4 Å². The third-order valence-corrected chi connectivity index (χ3v) is 16.8. The molecule has 0 spiro atoms. The summed E-state index contributed by atoms with van der Waals surface area (Å²) in [6.45, 7) is 9.42. The van der Waals surface area contributed by atoms with Gasteiger partial charge in [0.05, 0.1) is 60.9 Å². The summed E-state index contributed by atoms with van der Waals surface area (Å²) in [5, 5.41) is 0.0660. The Morgan fingerprint density at radius 2 is 0.828 bits per heavy atom. The number of aryl methyl sites for hydroxylation is 2. The fraction of sp³-hybridized carbons (Fsp3) is 0.120. The van der Waals surface area contributed by atoms with Crippen molar-refractivity contribution in [1.29, 1.82) is 0 Å². The van der Waals surface area contributed by atoms with Gasteiger partial charge in [0.25, 0.3) is 45.9 Å². The molecule has 0 atom stereocenters. The Labute approximate surface area is 617 Å². The monoisotopic (exact) mass is 1420 g/mol. The van der Waals surface area contributed by atoms with Crippen LogP contribution in [-0.2, 0) is 65.4 Å². The topological polar surface area (TPSA) is 265 Å². The molecular formula is C75H52ArN6O16Y-2. The molecule has 0 N–H and O–H groups in total. The van der Waals surface area contributed by atoms with Gasteiger partial charge in [-0.1, -0.05) is 30.8 Å². The van der Waals surface area contributed by atoms with Crippen molar-refractivity contribution in [3.8, 4) is 62.8 Å². The molecule has 1 radical (unpaired) electrons. The Hall–Kier alpha value is -10.6. The average Bonchev–Trinajstić information content (AvgIpc) is 1.63. The molecule has 99 heavy (non-hydrogen) atoms. The maximum atomic E-state index is 14.0. The van der Waals surface area contributed by atoms with E-state index in [0.29, 0.717) is 51.9 Å². The zero-order valence-electron chi connectivity index (χ0n) is 53.9. The molecule has 0 bridgehead atoms. The molecule has 0 aliphatic carbocycles. The largest absolute Gasteiger partial charge is 0.450 e. The molecule has 0 fully saturated rings. The average molecular weight is 1420 g/mol. The molecule has 11 aromatic rings. The van der Waals surface area contributed by atoms with Gasteiger partial charge in [-0.25, -0.2) is 14.4 Å². The maximum absolute atomic E-state index is 14.0. The minimum Gasteiger partial charge on any atom is -0.450 e. The Balaban J connectivity index is 0.000000267. The van der Waals surface area contributed by atoms with Gasteiger partial charge in [-0.2, -0.15) is 53.1 Å². The second-order valence-electron chi connectivity index (χ2n) is 23.3. The molecule has 0 unspecified atom stereocenters. The van der Waals surface area contributed by atoms with Gasteiger partial charge in [0.1, 0.15) is 0 Å². The van der Waals surface area contributed by atoms with E-state index in [0.717, 1.165) is 51.0 Å². The van der Waals surface area contributed by atoms with E-state index in [9.17, 15) is 57.5 Å². The number of fused-ring (bicyclic) bond motifs is 8. The number of rotatable bonds is 7. The van der Waals surface area contributed by atoms with E-state index in [1.807, 2.05) is 50.2 Å². The Kier molecular flexibility index (Phi) is 19.3. The summed E-state index contributed by atoms with van der Waals surface area (Å²) in [7, 11) is 2.78. The molecular weight excluding hydrogens is 1370 g/mol. The zero-order chi connectivity index (χ0) is 68.7. The zero-order valence-corrected chi connectivity index (χ0v) is 57.4. The third kappa shape index (κ3) is 12.8. The summed E-state index contributed by atoms with van der Waals surface area (Å²) >= 11 is 0. The van der Waals surface area contributed by atoms with Gasteiger partial charge in [-0.15, -0.1) is 12.1 Å². The van der Waals surface area contributed by atoms with Crippen molar-refractivity contribution < 1.29 is 128 Å². The predicted octanol–water partition coefficient (Wildman–Crippen LogP) is 10.9. The maximum Gasteiger partial charge on any atom is 0.266 e. The number of benzene rings is 9. The van der Waals surface area contributed by atoms with Gasteiger partial charge in [-0.05, 0) is 115 Å². The Morgan fingerprint density at radius 3 is 1.26 bits per heavy atom. The molecule has 491 valence electrons. The molecule has 15 rings (SSSR count). The first kappa shape index (κ1) is 69.7. The summed E-state index contributed by atoms with van der Waals surface area (Å²) in [4.78, 5) is 156. The first-order valence-electron chi connectivity index (χ1n) is 30.1. The second kappa shape index (κ2) is 27.4. The van der Waals surface area contributed by atoms with Crippen molar-refractivity contribution in [2.75, 3.05) is 21.7 Å². The van der Waals surface area contributed by atoms with Gasteiger partial charge in [0, 0.05) is 130 Å². The molecule has 0 saturated carbocycles. The van der Waals surface area contributed by atoms with Crippen LogP contribution in [0.1, 0.15) is 91.4 Å². The van der Waals surface area contributed by atoms with Crippen LogP contribution in [0.4, 0.5) is 17.1 Å². The van der Waals surface area contributed by atoms with Crippen molar-refractivity contribution in [2.24, 2.45) is 7.05 Å². The minimum absolute atomic E-state index is 0. The summed E-state index contributed by atoms with van der Waals surface area (Å²) in [6.07, 6.45) is 0.664. The quantitative estimate of drug-likeness (QED) is 0.106. The third-order valence-electron chi connectivity index (χ3n) is 16.8. The molecule has 2 aromatic heterocycles. The first-order valence-corrected chi connectivity index (χ1v) is 30.1. The number of hydrogen-bond acceptors (Lipinski definition) is 16. The molecule has 9 aromatic carbocycles. The standard InChI is InChI=1S/C52H26N4O12.C18H17NO2.C5H9NO2.Ar.Y/c1-23-3-11-37-41(15-23)65-38-12-6-26(18-42(38)66-37)54-47(59)29-9-4-24(16-31(29)49(54)61)25-5-10-30-32(17-25)50(62)55(48(30)60)27-7-13-39-43(19-27)67-40-14-8-28(20-44(40)68-39)56-51(63)35-21-33-34(22-36(35)52(56)64)46(58)53(2)45(33)57;1-13-7-9-16(10-8-13)11-17-5-4-6-18(12-17)19(14(2)20)15(3)21;1-4(7)6(3)5(2)8;;/h3-22H,1-2H3;4,6-9,12H,11H2,1-3H3;1-3H3;;/q;-2;;;. The number of nitrogens with zero attached hydrogens (tertiary/aromatic N) is 6. The SMILES string of the molecule is CC(=O)N(C(C)=O)c1cc[c-]c(Cc2[c-]cc(C)cc2)c1.CC(=O)N(C)C(C)=O.Cc1ccc2c(c1)Oc1ccc(N3C(=O)c4ccc(-c5ccc6c(c5)C(=O)N(c5ccc7c(c5)Oc5ccc(-n8c(=O)c9cc%10c(=O)n(C)c(=O)c%10cc9c8=O)cc5O7)C6=O)cc4C3=O)cc1O2.[Ar].[Y]. The normalized spacial score (nSPS) is 12.6. The molecule has 4 aliphatic rings. The van der Waals surface area contributed by atoms with Gasteiger partial charge >= 0.3 is 0 Å². The van der Waals surface area contributed by atoms with Gasteiger partial charge in [0.15, 0.2) is 46.0 Å². The van der Waals surface area contributed by atoms with E-state index in [2.05, 4.69) is 12.1 Å². The summed E-state index contributed by atoms with van der Waals surface area (Å²) in [5.74, 6) is -0.636. The van der Waals surface area contributed by atoms with Crippen molar-refractivity contribution in [3.05, 3.63) is 256 Å². The van der Waals surface area contributed by atoms with Crippen LogP contribution in [0.25, 0.3) is 38.4 Å². The van der Waals surface area contributed by atoms with Gasteiger partial charge < -0.3 is 18.9 Å². The van der Waals surface area contributed by atoms with E-state index in [1.54, 1.807) is 66.7 Å². The molecule has 0 saturated heterocycles. The number of carbonyl (C=O) groups is 8. The van der Waals surface area contributed by atoms with Crippen LogP contribution in [0, 0.1) is 63.7 Å². The molecule has 24 heteroatoms. The number of ether oxygens (including phenoxy) is 4. The molecule has 8 amide bonds. The van der Waals surface area contributed by atoms with Crippen LogP contribution >= 0.6 is 0 Å². The van der Waals surface area contributed by atoms with Gasteiger partial charge in [0.2, 0.25) is 23.6 Å². The van der Waals surface area contributed by atoms with Crippen molar-refractivity contribution in [1.82, 2.24) is 14.0 Å². The van der Waals surface area contributed by atoms with Gasteiger partial charge in [-0.3, -0.25) is 71.9 Å². The van der Waals surface area contributed by atoms with E-state index >= 15 is 0 Å². The second-order valence-corrected chi connectivity index (χ2v) is 23.3. The predicted molar refractivity (Wildman–Crippen MR) is 357 cm³/mol. The van der Waals surface area contributed by atoms with E-state index in [4.69, 9.17) is 18.9 Å². The van der Waals surface area contributed by atoms with Crippen LogP contribution in [0.2, 0.25) is 0 Å². The molecule has 4 aliphatic heterocycles. The van der Waals surface area contributed by atoms with Crippen LogP contribution in [0.15, 0.2) is 177 Å². The van der Waals surface area contributed by atoms with Crippen molar-refractivity contribution in [3.63, 3.8) is 0 Å². The molecule has 6 heterocycles. The summed E-state index contributed by atoms with van der Waals surface area (Å²) in [5.41, 5.74) is 4.57. The smallest absolute Gasteiger partial charge is 0.266 e. The fourth-order valence-electron chi connectivity index (χ4n) is 11.7. The number of amides is 8. The van der Waals surface area contributed by atoms with Crippen LogP contribution < -0.4 is 55.9 Å². The van der Waals surface area contributed by atoms with Crippen molar-refractivity contribution in [2.45, 2.75) is 48.0 Å². The van der Waals surface area contributed by atoms with Crippen molar-refractivity contribution >= 4 is 85.9 Å². The number of carbonyl (C=O) groups excluding carboxylic acids is 8. The number of aromatic nitrogens is 2. The fourth-order valence-corrected chi connectivity index (χ4v) is 11.7. The molecule has 22 nitrogen and oxygen atoms in total.